The Bertz CT molecular complexity index is 1130. The number of hydrogen-bond donors (Lipinski definition) is 1. The first-order valence-corrected chi connectivity index (χ1v) is 9.53. The molecule has 6 rings (SSSR count). The quantitative estimate of drug-likeness (QED) is 0.587. The molecule has 28 heavy (non-hydrogen) atoms. The average Bonchev–Trinajstić information content (AvgIpc) is 3.48. The van der Waals surface area contributed by atoms with Crippen molar-refractivity contribution in [2.75, 3.05) is 18.0 Å². The molecule has 2 bridgehead atoms. The highest BCUT2D eigenvalue weighted by atomic mass is 16.5. The number of rotatable bonds is 3. The molecule has 142 valence electrons. The zero-order valence-corrected chi connectivity index (χ0v) is 15.5. The van der Waals surface area contributed by atoms with E-state index in [9.17, 15) is 0 Å². The highest BCUT2D eigenvalue weighted by Crippen LogP contribution is 2.33. The molecule has 9 nitrogen and oxygen atoms in total. The van der Waals surface area contributed by atoms with Crippen LogP contribution in [0.5, 0.6) is 0 Å². The van der Waals surface area contributed by atoms with Crippen molar-refractivity contribution in [1.82, 2.24) is 34.6 Å². The van der Waals surface area contributed by atoms with Crippen LogP contribution >= 0.6 is 0 Å². The first-order chi connectivity index (χ1) is 13.8. The Morgan fingerprint density at radius 3 is 2.64 bits per heavy atom. The van der Waals surface area contributed by atoms with Gasteiger partial charge in [-0.3, -0.25) is 9.78 Å². The van der Waals surface area contributed by atoms with E-state index in [4.69, 9.17) is 9.72 Å². The lowest BCUT2D eigenvalue weighted by molar-refractivity contribution is 0.0302. The lowest BCUT2D eigenvalue weighted by Crippen LogP contribution is -2.43. The van der Waals surface area contributed by atoms with E-state index in [1.54, 1.807) is 12.4 Å². The summed E-state index contributed by atoms with van der Waals surface area (Å²) in [6, 6.07) is 6.04. The number of anilines is 1. The zero-order valence-electron chi connectivity index (χ0n) is 15.5. The van der Waals surface area contributed by atoms with Crippen LogP contribution in [-0.4, -0.2) is 59.9 Å². The molecule has 0 saturated carbocycles. The van der Waals surface area contributed by atoms with Crippen LogP contribution in [0, 0.1) is 0 Å². The Labute approximate surface area is 160 Å². The largest absolute Gasteiger partial charge is 0.371 e. The van der Waals surface area contributed by atoms with Gasteiger partial charge in [0, 0.05) is 38.6 Å². The Morgan fingerprint density at radius 2 is 1.93 bits per heavy atom. The van der Waals surface area contributed by atoms with Crippen molar-refractivity contribution in [2.24, 2.45) is 7.05 Å². The molecule has 4 aromatic rings. The molecule has 2 aliphatic rings. The first-order valence-electron chi connectivity index (χ1n) is 9.53. The number of nitrogens with zero attached hydrogens (tertiary/aromatic N) is 7. The molecule has 2 fully saturated rings. The molecule has 4 aromatic heterocycles. The third kappa shape index (κ3) is 2.36. The van der Waals surface area contributed by atoms with Gasteiger partial charge in [-0.1, -0.05) is 0 Å². The first kappa shape index (κ1) is 15.8. The van der Waals surface area contributed by atoms with Crippen LogP contribution in [0.15, 0.2) is 36.8 Å². The second-order valence-electron chi connectivity index (χ2n) is 7.47. The summed E-state index contributed by atoms with van der Waals surface area (Å²) >= 11 is 0. The summed E-state index contributed by atoms with van der Waals surface area (Å²) < 4.78 is 9.75. The third-order valence-electron chi connectivity index (χ3n) is 5.70. The maximum Gasteiger partial charge on any atom is 0.167 e. The van der Waals surface area contributed by atoms with Gasteiger partial charge in [-0.2, -0.15) is 15.3 Å². The van der Waals surface area contributed by atoms with E-state index in [1.807, 2.05) is 34.6 Å². The molecule has 2 aliphatic heterocycles. The van der Waals surface area contributed by atoms with Crippen LogP contribution in [0.1, 0.15) is 12.8 Å². The molecule has 1 N–H and O–H groups in total. The van der Waals surface area contributed by atoms with Crippen molar-refractivity contribution in [3.8, 4) is 22.6 Å². The van der Waals surface area contributed by atoms with Gasteiger partial charge >= 0.3 is 0 Å². The summed E-state index contributed by atoms with van der Waals surface area (Å²) in [6.45, 7) is 1.75. The molecule has 0 radical (unpaired) electrons. The van der Waals surface area contributed by atoms with Crippen molar-refractivity contribution in [3.63, 3.8) is 0 Å². The fourth-order valence-electron chi connectivity index (χ4n) is 4.32. The molecule has 0 aliphatic carbocycles. The lowest BCUT2D eigenvalue weighted by Gasteiger charge is -2.33. The van der Waals surface area contributed by atoms with E-state index < -0.39 is 0 Å². The number of aryl methyl sites for hydroxylation is 1. The number of H-pyrrole nitrogens is 1. The number of aromatic nitrogens is 7. The van der Waals surface area contributed by atoms with Crippen LogP contribution in [0.25, 0.3) is 28.3 Å². The van der Waals surface area contributed by atoms with E-state index in [2.05, 4.69) is 31.4 Å². The van der Waals surface area contributed by atoms with E-state index in [-0.39, 0.29) is 0 Å². The van der Waals surface area contributed by atoms with Gasteiger partial charge in [-0.05, 0) is 25.0 Å². The molecule has 0 amide bonds. The number of nitrogens with one attached hydrogen (secondary N) is 1. The van der Waals surface area contributed by atoms with Gasteiger partial charge in [-0.15, -0.1) is 0 Å². The minimum atomic E-state index is 0.300. The van der Waals surface area contributed by atoms with Gasteiger partial charge in [0.15, 0.2) is 5.65 Å². The second kappa shape index (κ2) is 5.90. The van der Waals surface area contributed by atoms with Crippen molar-refractivity contribution in [1.29, 1.82) is 0 Å². The molecule has 2 saturated heterocycles. The van der Waals surface area contributed by atoms with E-state index >= 15 is 0 Å². The normalized spacial score (nSPS) is 21.7. The standard InChI is InChI=1S/C19H20N8O/c1-25-16(5-7-21-25)17-8-18(26-10-12-2-3-13(11-26)28-12)23-19-14(9-22-27(17)19)15-4-6-20-24-15/h4-9,12-13H,2-3,10-11H2,1H3,(H,20,24). The highest BCUT2D eigenvalue weighted by Gasteiger charge is 2.34. The molecule has 0 aromatic carbocycles. The summed E-state index contributed by atoms with van der Waals surface area (Å²) in [5, 5.41) is 16.1. The Kier molecular flexibility index (Phi) is 3.33. The number of hydrogen-bond acceptors (Lipinski definition) is 6. The van der Waals surface area contributed by atoms with Crippen molar-refractivity contribution < 1.29 is 4.74 Å². The molecule has 9 heteroatoms. The van der Waals surface area contributed by atoms with Crippen molar-refractivity contribution in [2.45, 2.75) is 25.0 Å². The van der Waals surface area contributed by atoms with Crippen LogP contribution < -0.4 is 4.90 Å². The minimum Gasteiger partial charge on any atom is -0.371 e. The Morgan fingerprint density at radius 1 is 1.07 bits per heavy atom. The topological polar surface area (TPSA) is 89.2 Å². The van der Waals surface area contributed by atoms with Crippen molar-refractivity contribution >= 4 is 11.5 Å². The van der Waals surface area contributed by atoms with E-state index in [0.29, 0.717) is 12.2 Å². The van der Waals surface area contributed by atoms with E-state index in [0.717, 1.165) is 60.0 Å². The number of aromatic amines is 1. The third-order valence-corrected chi connectivity index (χ3v) is 5.70. The predicted octanol–water partition coefficient (Wildman–Crippen LogP) is 1.89. The summed E-state index contributed by atoms with van der Waals surface area (Å²) in [5.74, 6) is 0.949. The highest BCUT2D eigenvalue weighted by molar-refractivity contribution is 5.78. The van der Waals surface area contributed by atoms with Crippen molar-refractivity contribution in [3.05, 3.63) is 36.8 Å². The van der Waals surface area contributed by atoms with Crippen LogP contribution in [0.2, 0.25) is 0 Å². The fraction of sp³-hybridized carbons (Fsp3) is 0.368. The summed E-state index contributed by atoms with van der Waals surface area (Å²) in [6.07, 6.45) is 8.24. The van der Waals surface area contributed by atoms with Gasteiger partial charge in [0.1, 0.15) is 5.82 Å². The summed E-state index contributed by atoms with van der Waals surface area (Å²) in [7, 11) is 1.94. The van der Waals surface area contributed by atoms with Gasteiger partial charge in [0.05, 0.1) is 41.1 Å². The van der Waals surface area contributed by atoms with Crippen LogP contribution in [-0.2, 0) is 11.8 Å². The minimum absolute atomic E-state index is 0.300. The number of morpholine rings is 1. The molecule has 6 heterocycles. The molecule has 2 unspecified atom stereocenters. The SMILES string of the molecule is Cn1nccc1-c1cc(N2CC3CCC(C2)O3)nc2c(-c3ccn[nH]3)cnn12. The summed E-state index contributed by atoms with van der Waals surface area (Å²) in [4.78, 5) is 7.35. The lowest BCUT2D eigenvalue weighted by atomic mass is 10.2. The Balaban J connectivity index is 1.56. The number of fused-ring (bicyclic) bond motifs is 3. The maximum atomic E-state index is 6.01. The zero-order chi connectivity index (χ0) is 18.7. The van der Waals surface area contributed by atoms with Gasteiger partial charge in [0.2, 0.25) is 0 Å². The molecular weight excluding hydrogens is 356 g/mol. The monoisotopic (exact) mass is 376 g/mol. The average molecular weight is 376 g/mol. The molecular formula is C19H20N8O. The molecule has 2 atom stereocenters. The fourth-order valence-corrected chi connectivity index (χ4v) is 4.32. The summed E-state index contributed by atoms with van der Waals surface area (Å²) in [5.41, 5.74) is 4.59. The number of ether oxygens (including phenoxy) is 1. The Hall–Kier alpha value is -3.20. The maximum absolute atomic E-state index is 6.01. The molecule has 0 spiro atoms. The predicted molar refractivity (Wildman–Crippen MR) is 103 cm³/mol. The van der Waals surface area contributed by atoms with E-state index in [1.165, 1.54) is 0 Å². The smallest absolute Gasteiger partial charge is 0.167 e. The van der Waals surface area contributed by atoms with Gasteiger partial charge < -0.3 is 9.64 Å². The van der Waals surface area contributed by atoms with Gasteiger partial charge in [-0.25, -0.2) is 9.50 Å². The second-order valence-corrected chi connectivity index (χ2v) is 7.47. The van der Waals surface area contributed by atoms with Crippen LogP contribution in [0.3, 0.4) is 0 Å². The van der Waals surface area contributed by atoms with Gasteiger partial charge in [0.25, 0.3) is 0 Å². The van der Waals surface area contributed by atoms with Crippen LogP contribution in [0.4, 0.5) is 5.82 Å².